The molecule has 0 spiro atoms. The molecule has 5 heteroatoms. The highest BCUT2D eigenvalue weighted by atomic mass is 16.5. The Morgan fingerprint density at radius 1 is 1.53 bits per heavy atom. The van der Waals surface area contributed by atoms with Crippen LogP contribution >= 0.6 is 0 Å². The van der Waals surface area contributed by atoms with Crippen LogP contribution in [0.4, 0.5) is 0 Å². The van der Waals surface area contributed by atoms with Gasteiger partial charge in [0.2, 0.25) is 0 Å². The zero-order valence-electron chi connectivity index (χ0n) is 10.0. The number of carboxylic acids is 1. The number of rotatable bonds is 4. The van der Waals surface area contributed by atoms with Crippen molar-refractivity contribution in [3.63, 3.8) is 0 Å². The molecule has 0 atom stereocenters. The Hall–Kier alpha value is -1.36. The fourth-order valence-corrected chi connectivity index (χ4v) is 2.31. The van der Waals surface area contributed by atoms with Crippen molar-refractivity contribution < 1.29 is 14.4 Å². The third-order valence-corrected chi connectivity index (χ3v) is 3.42. The first-order chi connectivity index (χ1) is 8.09. The summed E-state index contributed by atoms with van der Waals surface area (Å²) < 4.78 is 4.97. The molecular weight excluding hydrogens is 220 g/mol. The number of aromatic nitrogens is 1. The van der Waals surface area contributed by atoms with Crippen LogP contribution in [-0.4, -0.2) is 21.8 Å². The molecule has 1 aromatic heterocycles. The summed E-state index contributed by atoms with van der Waals surface area (Å²) in [6, 6.07) is 1.47. The van der Waals surface area contributed by atoms with Crippen molar-refractivity contribution in [2.45, 2.75) is 51.1 Å². The van der Waals surface area contributed by atoms with E-state index >= 15 is 0 Å². The van der Waals surface area contributed by atoms with Crippen LogP contribution in [0, 0.1) is 0 Å². The maximum absolute atomic E-state index is 10.6. The number of nitrogens with one attached hydrogen (secondary N) is 1. The van der Waals surface area contributed by atoms with E-state index in [1.807, 2.05) is 0 Å². The third kappa shape index (κ3) is 3.06. The summed E-state index contributed by atoms with van der Waals surface area (Å²) in [5, 5.41) is 15.7. The van der Waals surface area contributed by atoms with Gasteiger partial charge in [0.15, 0.2) is 11.5 Å². The summed E-state index contributed by atoms with van der Waals surface area (Å²) in [6.07, 6.45) is 6.13. The van der Waals surface area contributed by atoms with E-state index in [0.717, 1.165) is 12.8 Å². The molecule has 2 rings (SSSR count). The van der Waals surface area contributed by atoms with E-state index < -0.39 is 5.97 Å². The number of carbonyl (C=O) groups is 1. The van der Waals surface area contributed by atoms with Crippen molar-refractivity contribution >= 4 is 5.97 Å². The minimum atomic E-state index is -1.05. The molecule has 1 aliphatic rings. The van der Waals surface area contributed by atoms with Crippen LogP contribution in [0.1, 0.15) is 55.3 Å². The van der Waals surface area contributed by atoms with Gasteiger partial charge >= 0.3 is 5.97 Å². The standard InChI is InChI=1S/C12H18N2O3/c1-12(5-3-2-4-6-12)13-8-9-7-10(11(15)16)14-17-9/h7,13H,2-6,8H2,1H3,(H,15,16). The first-order valence-corrected chi connectivity index (χ1v) is 6.03. The number of nitrogens with zero attached hydrogens (tertiary/aromatic N) is 1. The Labute approximate surface area is 100 Å². The molecule has 0 saturated heterocycles. The van der Waals surface area contributed by atoms with E-state index in [2.05, 4.69) is 17.4 Å². The monoisotopic (exact) mass is 238 g/mol. The molecule has 0 bridgehead atoms. The van der Waals surface area contributed by atoms with Crippen LogP contribution < -0.4 is 5.32 Å². The summed E-state index contributed by atoms with van der Waals surface area (Å²) in [7, 11) is 0. The molecule has 1 saturated carbocycles. The van der Waals surface area contributed by atoms with Gasteiger partial charge in [0.05, 0.1) is 6.54 Å². The van der Waals surface area contributed by atoms with Gasteiger partial charge in [-0.25, -0.2) is 4.79 Å². The molecule has 1 heterocycles. The molecular formula is C12H18N2O3. The molecule has 0 amide bonds. The average molecular weight is 238 g/mol. The summed E-state index contributed by atoms with van der Waals surface area (Å²) >= 11 is 0. The van der Waals surface area contributed by atoms with Gasteiger partial charge in [-0.05, 0) is 19.8 Å². The zero-order valence-corrected chi connectivity index (χ0v) is 10.0. The lowest BCUT2D eigenvalue weighted by Gasteiger charge is -2.34. The quantitative estimate of drug-likeness (QED) is 0.840. The molecule has 5 nitrogen and oxygen atoms in total. The van der Waals surface area contributed by atoms with Gasteiger partial charge in [-0.2, -0.15) is 0 Å². The molecule has 17 heavy (non-hydrogen) atoms. The second-order valence-electron chi connectivity index (χ2n) is 4.96. The number of carboxylic acid groups (broad SMARTS) is 1. The van der Waals surface area contributed by atoms with E-state index in [4.69, 9.17) is 9.63 Å². The van der Waals surface area contributed by atoms with E-state index in [1.165, 1.54) is 25.3 Å². The maximum atomic E-state index is 10.6. The average Bonchev–Trinajstić information content (AvgIpc) is 2.76. The SMILES string of the molecule is CC1(NCc2cc(C(=O)O)no2)CCCCC1. The van der Waals surface area contributed by atoms with Crippen molar-refractivity contribution in [2.75, 3.05) is 0 Å². The molecule has 1 fully saturated rings. The molecule has 1 aromatic rings. The fraction of sp³-hybridized carbons (Fsp3) is 0.667. The van der Waals surface area contributed by atoms with Gasteiger partial charge in [0.25, 0.3) is 0 Å². The van der Waals surface area contributed by atoms with Gasteiger partial charge in [-0.1, -0.05) is 24.4 Å². The predicted octanol–water partition coefficient (Wildman–Crippen LogP) is 2.19. The van der Waals surface area contributed by atoms with Gasteiger partial charge in [-0.3, -0.25) is 0 Å². The van der Waals surface area contributed by atoms with Crippen LogP contribution in [0.5, 0.6) is 0 Å². The molecule has 94 valence electrons. The zero-order chi connectivity index (χ0) is 12.3. The maximum Gasteiger partial charge on any atom is 0.358 e. The van der Waals surface area contributed by atoms with E-state index in [1.54, 1.807) is 0 Å². The second kappa shape index (κ2) is 4.87. The van der Waals surface area contributed by atoms with Crippen molar-refractivity contribution in [3.05, 3.63) is 17.5 Å². The third-order valence-electron chi connectivity index (χ3n) is 3.42. The Morgan fingerprint density at radius 2 is 2.24 bits per heavy atom. The summed E-state index contributed by atoms with van der Waals surface area (Å²) in [5.74, 6) is -0.474. The van der Waals surface area contributed by atoms with Gasteiger partial charge in [-0.15, -0.1) is 0 Å². The van der Waals surface area contributed by atoms with Crippen molar-refractivity contribution in [2.24, 2.45) is 0 Å². The molecule has 2 N–H and O–H groups in total. The van der Waals surface area contributed by atoms with Crippen LogP contribution in [-0.2, 0) is 6.54 Å². The van der Waals surface area contributed by atoms with Crippen molar-refractivity contribution in [3.8, 4) is 0 Å². The Kier molecular flexibility index (Phi) is 3.47. The van der Waals surface area contributed by atoms with Crippen LogP contribution in [0.25, 0.3) is 0 Å². The first kappa shape index (κ1) is 12.1. The Bertz CT molecular complexity index is 394. The Morgan fingerprint density at radius 3 is 2.82 bits per heavy atom. The topological polar surface area (TPSA) is 75.4 Å². The summed E-state index contributed by atoms with van der Waals surface area (Å²) in [5.41, 5.74) is 0.115. The van der Waals surface area contributed by atoms with Crippen LogP contribution in [0.2, 0.25) is 0 Å². The smallest absolute Gasteiger partial charge is 0.358 e. The van der Waals surface area contributed by atoms with E-state index in [0.29, 0.717) is 12.3 Å². The van der Waals surface area contributed by atoms with Gasteiger partial charge in [0.1, 0.15) is 0 Å². The van der Waals surface area contributed by atoms with Gasteiger partial charge < -0.3 is 14.9 Å². The second-order valence-corrected chi connectivity index (χ2v) is 4.96. The fourth-order valence-electron chi connectivity index (χ4n) is 2.31. The Balaban J connectivity index is 1.90. The van der Waals surface area contributed by atoms with Crippen LogP contribution in [0.15, 0.2) is 10.6 Å². The molecule has 0 unspecified atom stereocenters. The highest BCUT2D eigenvalue weighted by Crippen LogP contribution is 2.27. The lowest BCUT2D eigenvalue weighted by Crippen LogP contribution is -2.43. The summed E-state index contributed by atoms with van der Waals surface area (Å²) in [4.78, 5) is 10.6. The molecule has 0 aromatic carbocycles. The normalized spacial score (nSPS) is 19.1. The van der Waals surface area contributed by atoms with E-state index in [9.17, 15) is 4.79 Å². The van der Waals surface area contributed by atoms with Crippen molar-refractivity contribution in [1.29, 1.82) is 0 Å². The number of hydrogen-bond acceptors (Lipinski definition) is 4. The van der Waals surface area contributed by atoms with Crippen LogP contribution in [0.3, 0.4) is 0 Å². The summed E-state index contributed by atoms with van der Waals surface area (Å²) in [6.45, 7) is 2.75. The van der Waals surface area contributed by atoms with Crippen molar-refractivity contribution in [1.82, 2.24) is 10.5 Å². The minimum Gasteiger partial charge on any atom is -0.476 e. The molecule has 1 aliphatic carbocycles. The first-order valence-electron chi connectivity index (χ1n) is 6.03. The number of hydrogen-bond donors (Lipinski definition) is 2. The highest BCUT2D eigenvalue weighted by molar-refractivity contribution is 5.85. The van der Waals surface area contributed by atoms with Gasteiger partial charge in [0, 0.05) is 11.6 Å². The predicted molar refractivity (Wildman–Crippen MR) is 61.8 cm³/mol. The molecule has 0 aliphatic heterocycles. The lowest BCUT2D eigenvalue weighted by atomic mass is 9.83. The number of aromatic carboxylic acids is 1. The lowest BCUT2D eigenvalue weighted by molar-refractivity contribution is 0.0685. The minimum absolute atomic E-state index is 0.0319. The van der Waals surface area contributed by atoms with E-state index in [-0.39, 0.29) is 11.2 Å². The highest BCUT2D eigenvalue weighted by Gasteiger charge is 2.26. The largest absolute Gasteiger partial charge is 0.476 e. The molecule has 0 radical (unpaired) electrons.